The first-order chi connectivity index (χ1) is 10.9. The lowest BCUT2D eigenvalue weighted by molar-refractivity contribution is 0.269. The SMILES string of the molecule is c1ccc2c(OCCC3CCc4[nH]cnc4C3)cccc2c1. The van der Waals surface area contributed by atoms with Gasteiger partial charge in [0.25, 0.3) is 0 Å². The molecule has 0 spiro atoms. The summed E-state index contributed by atoms with van der Waals surface area (Å²) >= 11 is 0. The second kappa shape index (κ2) is 5.84. The van der Waals surface area contributed by atoms with Crippen LogP contribution in [0.5, 0.6) is 5.75 Å². The van der Waals surface area contributed by atoms with Gasteiger partial charge in [-0.25, -0.2) is 4.98 Å². The van der Waals surface area contributed by atoms with Crippen LogP contribution in [0.3, 0.4) is 0 Å². The predicted molar refractivity (Wildman–Crippen MR) is 88.2 cm³/mol. The highest BCUT2D eigenvalue weighted by Crippen LogP contribution is 2.28. The van der Waals surface area contributed by atoms with E-state index in [0.717, 1.165) is 31.6 Å². The van der Waals surface area contributed by atoms with E-state index in [9.17, 15) is 0 Å². The third kappa shape index (κ3) is 2.59. The summed E-state index contributed by atoms with van der Waals surface area (Å²) < 4.78 is 6.06. The number of nitrogens with one attached hydrogen (secondary N) is 1. The maximum absolute atomic E-state index is 6.06. The van der Waals surface area contributed by atoms with E-state index in [1.54, 1.807) is 0 Å². The molecule has 4 rings (SSSR count). The molecule has 0 radical (unpaired) electrons. The van der Waals surface area contributed by atoms with E-state index in [-0.39, 0.29) is 0 Å². The highest BCUT2D eigenvalue weighted by atomic mass is 16.5. The largest absolute Gasteiger partial charge is 0.493 e. The van der Waals surface area contributed by atoms with Crippen molar-refractivity contribution in [3.63, 3.8) is 0 Å². The maximum atomic E-state index is 6.06. The number of hydrogen-bond acceptors (Lipinski definition) is 2. The van der Waals surface area contributed by atoms with Crippen LogP contribution < -0.4 is 4.74 Å². The Morgan fingerprint density at radius 3 is 3.05 bits per heavy atom. The summed E-state index contributed by atoms with van der Waals surface area (Å²) in [4.78, 5) is 7.66. The molecule has 0 saturated heterocycles. The zero-order chi connectivity index (χ0) is 14.8. The molecule has 0 fully saturated rings. The molecule has 3 aromatic rings. The predicted octanol–water partition coefficient (Wildman–Crippen LogP) is 4.14. The van der Waals surface area contributed by atoms with Crippen molar-refractivity contribution in [2.45, 2.75) is 25.7 Å². The number of benzene rings is 2. The minimum Gasteiger partial charge on any atom is -0.493 e. The van der Waals surface area contributed by atoms with Gasteiger partial charge < -0.3 is 9.72 Å². The number of aromatic nitrogens is 2. The normalized spacial score (nSPS) is 17.4. The van der Waals surface area contributed by atoms with Gasteiger partial charge in [-0.2, -0.15) is 0 Å². The quantitative estimate of drug-likeness (QED) is 0.785. The summed E-state index contributed by atoms with van der Waals surface area (Å²) in [5.74, 6) is 1.68. The van der Waals surface area contributed by atoms with Crippen molar-refractivity contribution in [3.05, 3.63) is 60.2 Å². The van der Waals surface area contributed by atoms with Gasteiger partial charge in [-0.3, -0.25) is 0 Å². The minimum atomic E-state index is 0.686. The fourth-order valence-corrected chi connectivity index (χ4v) is 3.37. The molecule has 1 atom stereocenters. The van der Waals surface area contributed by atoms with Crippen LogP contribution in [0.2, 0.25) is 0 Å². The number of fused-ring (bicyclic) bond motifs is 2. The highest BCUT2D eigenvalue weighted by molar-refractivity contribution is 5.88. The standard InChI is InChI=1S/C19H20N2O/c1-2-6-16-15(4-1)5-3-7-19(16)22-11-10-14-8-9-17-18(12-14)21-13-20-17/h1-7,13-14H,8-12H2,(H,20,21). The van der Waals surface area contributed by atoms with Crippen LogP contribution in [-0.4, -0.2) is 16.6 Å². The summed E-state index contributed by atoms with van der Waals surface area (Å²) in [5, 5.41) is 2.43. The molecule has 3 heteroatoms. The lowest BCUT2D eigenvalue weighted by atomic mass is 9.88. The second-order valence-corrected chi connectivity index (χ2v) is 6.05. The van der Waals surface area contributed by atoms with E-state index in [1.807, 2.05) is 6.33 Å². The Balaban J connectivity index is 1.39. The Hall–Kier alpha value is -2.29. The van der Waals surface area contributed by atoms with Crippen LogP contribution in [0, 0.1) is 5.92 Å². The van der Waals surface area contributed by atoms with Gasteiger partial charge in [-0.1, -0.05) is 36.4 Å². The fourth-order valence-electron chi connectivity index (χ4n) is 3.37. The Labute approximate surface area is 130 Å². The number of ether oxygens (including phenoxy) is 1. The van der Waals surface area contributed by atoms with Gasteiger partial charge in [0.2, 0.25) is 0 Å². The average molecular weight is 292 g/mol. The van der Waals surface area contributed by atoms with E-state index >= 15 is 0 Å². The van der Waals surface area contributed by atoms with Gasteiger partial charge in [0, 0.05) is 11.1 Å². The number of imidazole rings is 1. The molecule has 1 aromatic heterocycles. The van der Waals surface area contributed by atoms with E-state index in [1.165, 1.54) is 28.6 Å². The van der Waals surface area contributed by atoms with E-state index in [2.05, 4.69) is 52.4 Å². The molecule has 0 amide bonds. The summed E-state index contributed by atoms with van der Waals surface area (Å²) in [6.45, 7) is 0.776. The molecule has 0 aliphatic heterocycles. The van der Waals surface area contributed by atoms with Gasteiger partial charge in [-0.05, 0) is 43.1 Å². The first-order valence-corrected chi connectivity index (χ1v) is 8.02. The molecule has 3 nitrogen and oxygen atoms in total. The number of H-pyrrole nitrogens is 1. The van der Waals surface area contributed by atoms with Crippen molar-refractivity contribution >= 4 is 10.8 Å². The molecule has 1 N–H and O–H groups in total. The lowest BCUT2D eigenvalue weighted by Crippen LogP contribution is -2.16. The topological polar surface area (TPSA) is 37.9 Å². The van der Waals surface area contributed by atoms with Crippen molar-refractivity contribution in [2.24, 2.45) is 5.92 Å². The van der Waals surface area contributed by atoms with Gasteiger partial charge in [0.05, 0.1) is 18.6 Å². The van der Waals surface area contributed by atoms with Gasteiger partial charge in [0.1, 0.15) is 5.75 Å². The molecule has 22 heavy (non-hydrogen) atoms. The fraction of sp³-hybridized carbons (Fsp3) is 0.316. The van der Waals surface area contributed by atoms with Gasteiger partial charge in [-0.15, -0.1) is 0 Å². The Bertz CT molecular complexity index is 772. The molecule has 1 unspecified atom stereocenters. The number of hydrogen-bond donors (Lipinski definition) is 1. The lowest BCUT2D eigenvalue weighted by Gasteiger charge is -2.21. The zero-order valence-electron chi connectivity index (χ0n) is 12.6. The molecular weight excluding hydrogens is 272 g/mol. The monoisotopic (exact) mass is 292 g/mol. The van der Waals surface area contributed by atoms with Crippen molar-refractivity contribution in [2.75, 3.05) is 6.61 Å². The number of nitrogens with zero attached hydrogens (tertiary/aromatic N) is 1. The van der Waals surface area contributed by atoms with E-state index < -0.39 is 0 Å². The number of aryl methyl sites for hydroxylation is 1. The summed E-state index contributed by atoms with van der Waals surface area (Å²) in [6, 6.07) is 14.6. The zero-order valence-corrected chi connectivity index (χ0v) is 12.6. The third-order valence-electron chi connectivity index (χ3n) is 4.63. The highest BCUT2D eigenvalue weighted by Gasteiger charge is 2.20. The number of rotatable bonds is 4. The van der Waals surface area contributed by atoms with Crippen LogP contribution in [0.25, 0.3) is 10.8 Å². The molecule has 0 bridgehead atoms. The molecule has 2 aromatic carbocycles. The second-order valence-electron chi connectivity index (χ2n) is 6.05. The van der Waals surface area contributed by atoms with Crippen LogP contribution in [0.15, 0.2) is 48.8 Å². The molecule has 1 heterocycles. The third-order valence-corrected chi connectivity index (χ3v) is 4.63. The minimum absolute atomic E-state index is 0.686. The van der Waals surface area contributed by atoms with Crippen LogP contribution >= 0.6 is 0 Å². The van der Waals surface area contributed by atoms with Gasteiger partial charge in [0.15, 0.2) is 0 Å². The summed E-state index contributed by atoms with van der Waals surface area (Å²) in [5.41, 5.74) is 2.58. The van der Waals surface area contributed by atoms with Crippen molar-refractivity contribution < 1.29 is 4.74 Å². The molecule has 1 aliphatic rings. The molecule has 0 saturated carbocycles. The van der Waals surface area contributed by atoms with Crippen LogP contribution in [-0.2, 0) is 12.8 Å². The maximum Gasteiger partial charge on any atom is 0.127 e. The van der Waals surface area contributed by atoms with E-state index in [4.69, 9.17) is 4.74 Å². The molecule has 1 aliphatic carbocycles. The first-order valence-electron chi connectivity index (χ1n) is 8.02. The van der Waals surface area contributed by atoms with Crippen molar-refractivity contribution in [1.29, 1.82) is 0 Å². The van der Waals surface area contributed by atoms with Crippen LogP contribution in [0.4, 0.5) is 0 Å². The average Bonchev–Trinajstić information content (AvgIpc) is 3.03. The molecule has 112 valence electrons. The first kappa shape index (κ1) is 13.4. The Kier molecular flexibility index (Phi) is 3.55. The van der Waals surface area contributed by atoms with E-state index in [0.29, 0.717) is 5.92 Å². The van der Waals surface area contributed by atoms with Crippen LogP contribution in [0.1, 0.15) is 24.2 Å². The summed E-state index contributed by atoms with van der Waals surface area (Å²) in [7, 11) is 0. The van der Waals surface area contributed by atoms with Crippen molar-refractivity contribution in [1.82, 2.24) is 9.97 Å². The smallest absolute Gasteiger partial charge is 0.127 e. The number of aromatic amines is 1. The molecular formula is C19H20N2O. The Morgan fingerprint density at radius 1 is 1.14 bits per heavy atom. The van der Waals surface area contributed by atoms with Crippen molar-refractivity contribution in [3.8, 4) is 5.75 Å². The van der Waals surface area contributed by atoms with Gasteiger partial charge >= 0.3 is 0 Å². The summed E-state index contributed by atoms with van der Waals surface area (Å²) in [6.07, 6.45) is 6.34. The Morgan fingerprint density at radius 2 is 2.05 bits per heavy atom.